The summed E-state index contributed by atoms with van der Waals surface area (Å²) in [5.41, 5.74) is 2.34. The number of benzene rings is 2. The SMILES string of the molecule is O=C(NCc1ccccc1C(F)(F)F)C1CC12CCN(Cc1cccc3nccnc13)CC2. The molecule has 2 fully saturated rings. The number of carbonyl (C=O) groups is 1. The van der Waals surface area contributed by atoms with Gasteiger partial charge in [0.2, 0.25) is 5.91 Å². The molecule has 1 amide bonds. The predicted molar refractivity (Wildman–Crippen MR) is 118 cm³/mol. The van der Waals surface area contributed by atoms with Gasteiger partial charge in [-0.05, 0) is 61.0 Å². The normalized spacial score (nSPS) is 20.2. The lowest BCUT2D eigenvalue weighted by atomic mass is 9.90. The molecule has 0 bridgehead atoms. The first-order valence-corrected chi connectivity index (χ1v) is 11.2. The Labute approximate surface area is 190 Å². The zero-order valence-corrected chi connectivity index (χ0v) is 18.1. The number of piperidine rings is 1. The lowest BCUT2D eigenvalue weighted by molar-refractivity contribution is -0.138. The van der Waals surface area contributed by atoms with E-state index in [4.69, 9.17) is 0 Å². The monoisotopic (exact) mass is 454 g/mol. The van der Waals surface area contributed by atoms with E-state index in [-0.39, 0.29) is 29.3 Å². The van der Waals surface area contributed by atoms with Crippen LogP contribution in [0.1, 0.15) is 36.0 Å². The summed E-state index contributed by atoms with van der Waals surface area (Å²) in [6.45, 7) is 2.46. The van der Waals surface area contributed by atoms with Gasteiger partial charge in [0, 0.05) is 31.4 Å². The lowest BCUT2D eigenvalue weighted by Crippen LogP contribution is -2.36. The van der Waals surface area contributed by atoms with Gasteiger partial charge in [0.1, 0.15) is 0 Å². The molecular weight excluding hydrogens is 429 g/mol. The minimum atomic E-state index is -4.43. The van der Waals surface area contributed by atoms with Gasteiger partial charge in [0.05, 0.1) is 16.6 Å². The Hall–Kier alpha value is -3.00. The van der Waals surface area contributed by atoms with Crippen LogP contribution in [0, 0.1) is 11.3 Å². The van der Waals surface area contributed by atoms with Crippen molar-refractivity contribution in [3.8, 4) is 0 Å². The summed E-state index contributed by atoms with van der Waals surface area (Å²) in [5.74, 6) is -0.245. The van der Waals surface area contributed by atoms with Gasteiger partial charge >= 0.3 is 6.18 Å². The fourth-order valence-electron chi connectivity index (χ4n) is 5.10. The molecule has 1 saturated heterocycles. The first-order valence-electron chi connectivity index (χ1n) is 11.2. The number of amides is 1. The number of likely N-dealkylation sites (tertiary alicyclic amines) is 1. The van der Waals surface area contributed by atoms with Crippen LogP contribution < -0.4 is 5.32 Å². The molecule has 3 aromatic rings. The fourth-order valence-corrected chi connectivity index (χ4v) is 5.10. The van der Waals surface area contributed by atoms with Crippen molar-refractivity contribution in [2.45, 2.75) is 38.5 Å². The summed E-state index contributed by atoms with van der Waals surface area (Å²) in [4.78, 5) is 23.9. The molecule has 1 aliphatic heterocycles. The highest BCUT2D eigenvalue weighted by atomic mass is 19.4. The van der Waals surface area contributed by atoms with E-state index in [0.717, 1.165) is 61.6 Å². The molecule has 5 rings (SSSR count). The molecule has 2 aromatic carbocycles. The Morgan fingerprint density at radius 1 is 1.03 bits per heavy atom. The van der Waals surface area contributed by atoms with Crippen LogP contribution in [0.5, 0.6) is 0 Å². The summed E-state index contributed by atoms with van der Waals surface area (Å²) in [7, 11) is 0. The minimum absolute atomic E-state index is 0.0112. The molecule has 1 spiro atoms. The third-order valence-corrected chi connectivity index (χ3v) is 7.11. The van der Waals surface area contributed by atoms with E-state index < -0.39 is 11.7 Å². The second kappa shape index (κ2) is 8.41. The van der Waals surface area contributed by atoms with Crippen LogP contribution in [0.25, 0.3) is 11.0 Å². The molecule has 8 heteroatoms. The second-order valence-corrected chi connectivity index (χ2v) is 9.11. The fraction of sp³-hybridized carbons (Fsp3) is 0.400. The average molecular weight is 454 g/mol. The van der Waals surface area contributed by atoms with E-state index in [2.05, 4.69) is 26.3 Å². The highest BCUT2D eigenvalue weighted by Gasteiger charge is 2.58. The number of halogens is 3. The molecule has 1 N–H and O–H groups in total. The molecule has 1 aliphatic carbocycles. The van der Waals surface area contributed by atoms with Gasteiger partial charge in [-0.2, -0.15) is 13.2 Å². The van der Waals surface area contributed by atoms with E-state index in [9.17, 15) is 18.0 Å². The molecule has 172 valence electrons. The summed E-state index contributed by atoms with van der Waals surface area (Å²) < 4.78 is 39.6. The van der Waals surface area contributed by atoms with Crippen molar-refractivity contribution >= 4 is 16.9 Å². The molecule has 1 aromatic heterocycles. The topological polar surface area (TPSA) is 58.1 Å². The number of hydrogen-bond donors (Lipinski definition) is 1. The van der Waals surface area contributed by atoms with E-state index in [1.165, 1.54) is 12.1 Å². The number of aromatic nitrogens is 2. The standard InChI is InChI=1S/C25H25F3N4O/c26-25(27,28)19-6-2-1-4-17(19)15-31-23(33)20-14-24(20)8-12-32(13-9-24)16-18-5-3-7-21-22(18)30-11-10-29-21/h1-7,10-11,20H,8-9,12-16H2,(H,31,33). The lowest BCUT2D eigenvalue weighted by Gasteiger charge is -2.33. The van der Waals surface area contributed by atoms with Crippen LogP contribution in [0.4, 0.5) is 13.2 Å². The van der Waals surface area contributed by atoms with Crippen LogP contribution in [-0.4, -0.2) is 33.9 Å². The number of rotatable bonds is 5. The third-order valence-electron chi connectivity index (χ3n) is 7.11. The number of fused-ring (bicyclic) bond motifs is 1. The molecule has 5 nitrogen and oxygen atoms in total. The molecular formula is C25H25F3N4O. The van der Waals surface area contributed by atoms with Crippen molar-refractivity contribution in [1.82, 2.24) is 20.2 Å². The zero-order chi connectivity index (χ0) is 23.1. The largest absolute Gasteiger partial charge is 0.416 e. The number of alkyl halides is 3. The Kier molecular flexibility index (Phi) is 5.56. The quantitative estimate of drug-likeness (QED) is 0.614. The van der Waals surface area contributed by atoms with Crippen LogP contribution in [0.3, 0.4) is 0 Å². The minimum Gasteiger partial charge on any atom is -0.352 e. The Bertz CT molecular complexity index is 1170. The molecule has 0 radical (unpaired) electrons. The third kappa shape index (κ3) is 4.44. The van der Waals surface area contributed by atoms with Gasteiger partial charge in [-0.1, -0.05) is 30.3 Å². The molecule has 2 aliphatic rings. The maximum atomic E-state index is 13.2. The Morgan fingerprint density at radius 3 is 2.55 bits per heavy atom. The maximum Gasteiger partial charge on any atom is 0.416 e. The van der Waals surface area contributed by atoms with Crippen LogP contribution in [0.2, 0.25) is 0 Å². The Balaban J connectivity index is 1.16. The summed E-state index contributed by atoms with van der Waals surface area (Å²) in [6.07, 6.45) is 1.62. The van der Waals surface area contributed by atoms with Crippen molar-refractivity contribution in [2.24, 2.45) is 11.3 Å². The zero-order valence-electron chi connectivity index (χ0n) is 18.1. The molecule has 33 heavy (non-hydrogen) atoms. The number of para-hydroxylation sites is 1. The molecule has 1 atom stereocenters. The molecule has 2 heterocycles. The molecule has 1 saturated carbocycles. The van der Waals surface area contributed by atoms with Crippen molar-refractivity contribution in [1.29, 1.82) is 0 Å². The van der Waals surface area contributed by atoms with Gasteiger partial charge in [0.15, 0.2) is 0 Å². The van der Waals surface area contributed by atoms with Crippen molar-refractivity contribution < 1.29 is 18.0 Å². The molecule has 1 unspecified atom stereocenters. The van der Waals surface area contributed by atoms with E-state index in [1.54, 1.807) is 18.5 Å². The van der Waals surface area contributed by atoms with E-state index in [1.807, 2.05) is 12.1 Å². The number of hydrogen-bond acceptors (Lipinski definition) is 4. The average Bonchev–Trinajstić information content (AvgIpc) is 3.52. The van der Waals surface area contributed by atoms with Gasteiger partial charge in [-0.15, -0.1) is 0 Å². The highest BCUT2D eigenvalue weighted by Crippen LogP contribution is 2.59. The van der Waals surface area contributed by atoms with Gasteiger partial charge < -0.3 is 5.32 Å². The van der Waals surface area contributed by atoms with Crippen molar-refractivity contribution in [3.05, 3.63) is 71.5 Å². The summed E-state index contributed by atoms with van der Waals surface area (Å²) >= 11 is 0. The van der Waals surface area contributed by atoms with Gasteiger partial charge in [0.25, 0.3) is 0 Å². The van der Waals surface area contributed by atoms with Crippen LogP contribution in [0.15, 0.2) is 54.9 Å². The first kappa shape index (κ1) is 21.8. The van der Waals surface area contributed by atoms with E-state index in [0.29, 0.717) is 0 Å². The predicted octanol–water partition coefficient (Wildman–Crippen LogP) is 4.57. The van der Waals surface area contributed by atoms with Gasteiger partial charge in [-0.3, -0.25) is 19.7 Å². The number of nitrogens with one attached hydrogen (secondary N) is 1. The number of carbonyl (C=O) groups excluding carboxylic acids is 1. The van der Waals surface area contributed by atoms with Gasteiger partial charge in [-0.25, -0.2) is 0 Å². The summed E-state index contributed by atoms with van der Waals surface area (Å²) in [6, 6.07) is 11.4. The van der Waals surface area contributed by atoms with Crippen LogP contribution >= 0.6 is 0 Å². The van der Waals surface area contributed by atoms with Crippen molar-refractivity contribution in [3.63, 3.8) is 0 Å². The summed E-state index contributed by atoms with van der Waals surface area (Å²) in [5, 5.41) is 2.75. The Morgan fingerprint density at radius 2 is 1.76 bits per heavy atom. The maximum absolute atomic E-state index is 13.2. The van der Waals surface area contributed by atoms with E-state index >= 15 is 0 Å². The van der Waals surface area contributed by atoms with Crippen LogP contribution in [-0.2, 0) is 24.1 Å². The first-order chi connectivity index (χ1) is 15.9. The smallest absolute Gasteiger partial charge is 0.352 e. The second-order valence-electron chi connectivity index (χ2n) is 9.11. The number of nitrogens with zero attached hydrogens (tertiary/aromatic N) is 3. The highest BCUT2D eigenvalue weighted by molar-refractivity contribution is 5.82. The van der Waals surface area contributed by atoms with Crippen molar-refractivity contribution in [2.75, 3.05) is 13.1 Å².